The van der Waals surface area contributed by atoms with Crippen LogP contribution in [-0.4, -0.2) is 37.1 Å². The zero-order valence-corrected chi connectivity index (χ0v) is 11.0. The van der Waals surface area contributed by atoms with Gasteiger partial charge in [0, 0.05) is 25.7 Å². The molecule has 0 amide bonds. The number of nitrogens with zero attached hydrogens (tertiary/aromatic N) is 1. The van der Waals surface area contributed by atoms with Crippen molar-refractivity contribution in [2.75, 3.05) is 26.2 Å². The molecule has 0 bridgehead atoms. The molecule has 1 aliphatic heterocycles. The topological polar surface area (TPSA) is 15.3 Å². The Labute approximate surface area is 101 Å². The average molecular weight is 224 g/mol. The van der Waals surface area contributed by atoms with E-state index in [4.69, 9.17) is 0 Å². The summed E-state index contributed by atoms with van der Waals surface area (Å²) < 4.78 is 0. The van der Waals surface area contributed by atoms with Gasteiger partial charge in [0.1, 0.15) is 0 Å². The number of fused-ring (bicyclic) bond motifs is 1. The Kier molecular flexibility index (Phi) is 4.66. The van der Waals surface area contributed by atoms with Crippen molar-refractivity contribution in [3.63, 3.8) is 0 Å². The van der Waals surface area contributed by atoms with Gasteiger partial charge in [-0.1, -0.05) is 20.3 Å². The van der Waals surface area contributed by atoms with Crippen LogP contribution in [0, 0.1) is 11.8 Å². The van der Waals surface area contributed by atoms with Gasteiger partial charge < -0.3 is 10.2 Å². The second kappa shape index (κ2) is 6.02. The van der Waals surface area contributed by atoms with E-state index in [9.17, 15) is 0 Å². The first kappa shape index (κ1) is 12.4. The van der Waals surface area contributed by atoms with E-state index in [0.717, 1.165) is 17.9 Å². The maximum absolute atomic E-state index is 3.67. The van der Waals surface area contributed by atoms with Crippen LogP contribution in [0.2, 0.25) is 0 Å². The SMILES string of the molecule is CCCNC(CC)CN1CC2CCCC2C1. The van der Waals surface area contributed by atoms with Crippen LogP contribution in [0.15, 0.2) is 0 Å². The molecule has 94 valence electrons. The molecule has 2 heteroatoms. The first-order valence-corrected chi connectivity index (χ1v) is 7.29. The molecular formula is C14H28N2. The summed E-state index contributed by atoms with van der Waals surface area (Å²) in [6.45, 7) is 9.79. The fourth-order valence-electron chi connectivity index (χ4n) is 3.48. The second-order valence-electron chi connectivity index (χ2n) is 5.73. The van der Waals surface area contributed by atoms with E-state index in [0.29, 0.717) is 0 Å². The van der Waals surface area contributed by atoms with Crippen LogP contribution in [0.25, 0.3) is 0 Å². The van der Waals surface area contributed by atoms with Crippen molar-refractivity contribution in [3.8, 4) is 0 Å². The van der Waals surface area contributed by atoms with Gasteiger partial charge in [-0.2, -0.15) is 0 Å². The van der Waals surface area contributed by atoms with Crippen molar-refractivity contribution < 1.29 is 0 Å². The van der Waals surface area contributed by atoms with Crippen LogP contribution in [0.1, 0.15) is 46.0 Å². The van der Waals surface area contributed by atoms with E-state index in [2.05, 4.69) is 24.1 Å². The molecule has 3 atom stereocenters. The minimum absolute atomic E-state index is 0.721. The number of hydrogen-bond donors (Lipinski definition) is 1. The number of nitrogens with one attached hydrogen (secondary N) is 1. The normalized spacial score (nSPS) is 31.9. The summed E-state index contributed by atoms with van der Waals surface area (Å²) in [5.41, 5.74) is 0. The maximum atomic E-state index is 3.67. The van der Waals surface area contributed by atoms with E-state index in [1.54, 1.807) is 0 Å². The first-order chi connectivity index (χ1) is 7.83. The van der Waals surface area contributed by atoms with Gasteiger partial charge in [0.05, 0.1) is 0 Å². The molecule has 1 aliphatic carbocycles. The van der Waals surface area contributed by atoms with Crippen molar-refractivity contribution in [1.29, 1.82) is 0 Å². The van der Waals surface area contributed by atoms with Gasteiger partial charge in [-0.05, 0) is 44.1 Å². The predicted molar refractivity (Wildman–Crippen MR) is 69.6 cm³/mol. The summed E-state index contributed by atoms with van der Waals surface area (Å²) >= 11 is 0. The summed E-state index contributed by atoms with van der Waals surface area (Å²) in [7, 11) is 0. The van der Waals surface area contributed by atoms with Crippen molar-refractivity contribution in [2.24, 2.45) is 11.8 Å². The first-order valence-electron chi connectivity index (χ1n) is 7.29. The lowest BCUT2D eigenvalue weighted by Gasteiger charge is -2.24. The van der Waals surface area contributed by atoms with Crippen LogP contribution >= 0.6 is 0 Å². The molecule has 3 unspecified atom stereocenters. The van der Waals surface area contributed by atoms with Crippen molar-refractivity contribution >= 4 is 0 Å². The Morgan fingerprint density at radius 2 is 1.88 bits per heavy atom. The number of rotatable bonds is 6. The molecular weight excluding hydrogens is 196 g/mol. The number of likely N-dealkylation sites (tertiary alicyclic amines) is 1. The molecule has 1 saturated carbocycles. The van der Waals surface area contributed by atoms with Crippen LogP contribution in [-0.2, 0) is 0 Å². The standard InChI is InChI=1S/C14H28N2/c1-3-8-15-14(4-2)11-16-9-12-6-5-7-13(12)10-16/h12-15H,3-11H2,1-2H3. The minimum Gasteiger partial charge on any atom is -0.313 e. The Morgan fingerprint density at radius 1 is 1.19 bits per heavy atom. The second-order valence-corrected chi connectivity index (χ2v) is 5.73. The third kappa shape index (κ3) is 2.98. The highest BCUT2D eigenvalue weighted by Crippen LogP contribution is 2.37. The van der Waals surface area contributed by atoms with Gasteiger partial charge in [0.25, 0.3) is 0 Å². The molecule has 1 N–H and O–H groups in total. The summed E-state index contributed by atoms with van der Waals surface area (Å²) in [5.74, 6) is 2.09. The van der Waals surface area contributed by atoms with E-state index in [1.807, 2.05) is 0 Å². The zero-order valence-electron chi connectivity index (χ0n) is 11.0. The predicted octanol–water partition coefficient (Wildman–Crippen LogP) is 2.50. The lowest BCUT2D eigenvalue weighted by molar-refractivity contribution is 0.267. The highest BCUT2D eigenvalue weighted by Gasteiger charge is 2.36. The Morgan fingerprint density at radius 3 is 2.44 bits per heavy atom. The summed E-state index contributed by atoms with van der Waals surface area (Å²) in [6.07, 6.45) is 7.02. The van der Waals surface area contributed by atoms with Gasteiger partial charge in [0.2, 0.25) is 0 Å². The molecule has 1 saturated heterocycles. The van der Waals surface area contributed by atoms with Gasteiger partial charge in [0.15, 0.2) is 0 Å². The average Bonchev–Trinajstić information content (AvgIpc) is 2.84. The fraction of sp³-hybridized carbons (Fsp3) is 1.00. The van der Waals surface area contributed by atoms with Crippen LogP contribution in [0.4, 0.5) is 0 Å². The molecule has 0 spiro atoms. The van der Waals surface area contributed by atoms with Gasteiger partial charge in [-0.15, -0.1) is 0 Å². The molecule has 2 rings (SSSR count). The van der Waals surface area contributed by atoms with E-state index in [-0.39, 0.29) is 0 Å². The number of hydrogen-bond acceptors (Lipinski definition) is 2. The van der Waals surface area contributed by atoms with E-state index < -0.39 is 0 Å². The molecule has 0 radical (unpaired) electrons. The Balaban J connectivity index is 1.72. The smallest absolute Gasteiger partial charge is 0.0192 e. The highest BCUT2D eigenvalue weighted by molar-refractivity contribution is 4.89. The summed E-state index contributed by atoms with van der Waals surface area (Å²) in [6, 6.07) is 0.721. The van der Waals surface area contributed by atoms with Crippen LogP contribution in [0.3, 0.4) is 0 Å². The van der Waals surface area contributed by atoms with Crippen molar-refractivity contribution in [1.82, 2.24) is 10.2 Å². The van der Waals surface area contributed by atoms with Gasteiger partial charge in [-0.3, -0.25) is 0 Å². The quantitative estimate of drug-likeness (QED) is 0.746. The molecule has 2 aliphatic rings. The maximum Gasteiger partial charge on any atom is 0.0192 e. The monoisotopic (exact) mass is 224 g/mol. The largest absolute Gasteiger partial charge is 0.313 e. The molecule has 0 aromatic heterocycles. The summed E-state index contributed by atoms with van der Waals surface area (Å²) in [5, 5.41) is 3.67. The van der Waals surface area contributed by atoms with Gasteiger partial charge in [-0.25, -0.2) is 0 Å². The molecule has 2 nitrogen and oxygen atoms in total. The van der Waals surface area contributed by atoms with E-state index >= 15 is 0 Å². The fourth-order valence-corrected chi connectivity index (χ4v) is 3.48. The summed E-state index contributed by atoms with van der Waals surface area (Å²) in [4.78, 5) is 2.71. The third-order valence-electron chi connectivity index (χ3n) is 4.46. The Bertz CT molecular complexity index is 193. The Hall–Kier alpha value is -0.0800. The zero-order chi connectivity index (χ0) is 11.4. The third-order valence-corrected chi connectivity index (χ3v) is 4.46. The van der Waals surface area contributed by atoms with Crippen LogP contribution in [0.5, 0.6) is 0 Å². The lowest BCUT2D eigenvalue weighted by Crippen LogP contribution is -2.40. The molecule has 1 heterocycles. The van der Waals surface area contributed by atoms with E-state index in [1.165, 1.54) is 58.3 Å². The van der Waals surface area contributed by atoms with Crippen LogP contribution < -0.4 is 5.32 Å². The molecule has 0 aromatic rings. The lowest BCUT2D eigenvalue weighted by atomic mass is 10.0. The minimum atomic E-state index is 0.721. The molecule has 0 aromatic carbocycles. The van der Waals surface area contributed by atoms with Crippen molar-refractivity contribution in [2.45, 2.75) is 52.0 Å². The highest BCUT2D eigenvalue weighted by atomic mass is 15.2. The van der Waals surface area contributed by atoms with Crippen molar-refractivity contribution in [3.05, 3.63) is 0 Å². The molecule has 16 heavy (non-hydrogen) atoms. The molecule has 2 fully saturated rings. The van der Waals surface area contributed by atoms with Gasteiger partial charge >= 0.3 is 0 Å².